The minimum atomic E-state index is -4.96. The summed E-state index contributed by atoms with van der Waals surface area (Å²) < 4.78 is 70.0. The predicted molar refractivity (Wildman–Crippen MR) is 72.4 cm³/mol. The number of rotatable bonds is 3. The first-order valence-electron chi connectivity index (χ1n) is 6.16. The van der Waals surface area contributed by atoms with Crippen LogP contribution in [0.1, 0.15) is 21.6 Å². The number of hydrogen-bond acceptors (Lipinski definition) is 3. The molecule has 0 aliphatic carbocycles. The molecule has 24 heavy (non-hydrogen) atoms. The van der Waals surface area contributed by atoms with E-state index in [4.69, 9.17) is 21.4 Å². The number of carboxylic acids is 1. The number of aromatic carboxylic acids is 1. The third kappa shape index (κ3) is 3.40. The molecule has 1 N–H and O–H groups in total. The summed E-state index contributed by atoms with van der Waals surface area (Å²) in [6.07, 6.45) is -4.96. The van der Waals surface area contributed by atoms with Gasteiger partial charge in [-0.1, -0.05) is 11.6 Å². The van der Waals surface area contributed by atoms with Crippen LogP contribution in [0.15, 0.2) is 18.2 Å². The molecule has 10 heteroatoms. The lowest BCUT2D eigenvalue weighted by molar-refractivity contribution is -0.141. The minimum Gasteiger partial charge on any atom is -0.477 e. The molecule has 0 amide bonds. The summed E-state index contributed by atoms with van der Waals surface area (Å²) in [6.45, 7) is 1.11. The zero-order valence-corrected chi connectivity index (χ0v) is 12.5. The van der Waals surface area contributed by atoms with Crippen LogP contribution in [0, 0.1) is 18.6 Å². The summed E-state index contributed by atoms with van der Waals surface area (Å²) in [5.74, 6) is -5.48. The lowest BCUT2D eigenvalue weighted by Gasteiger charge is -2.14. The van der Waals surface area contributed by atoms with Crippen LogP contribution in [0.25, 0.3) is 0 Å². The van der Waals surface area contributed by atoms with E-state index >= 15 is 0 Å². The average molecular weight is 368 g/mol. The van der Waals surface area contributed by atoms with Crippen molar-refractivity contribution in [3.05, 3.63) is 51.7 Å². The van der Waals surface area contributed by atoms with E-state index in [-0.39, 0.29) is 11.3 Å². The fraction of sp³-hybridized carbons (Fsp3) is 0.143. The standard InChI is InChI=1S/C14H7ClF5NO3/c1-5-9(3-2-8(16)10(5)17)24-12-6(13(22)23)4-7(15)11(21-12)14(18,19)20/h2-4H,1H3,(H,22,23). The Labute approximate surface area is 136 Å². The number of benzene rings is 1. The van der Waals surface area contributed by atoms with E-state index in [2.05, 4.69) is 4.98 Å². The first kappa shape index (κ1) is 17.9. The second-order valence-electron chi connectivity index (χ2n) is 4.56. The van der Waals surface area contributed by atoms with Crippen molar-refractivity contribution in [3.8, 4) is 11.6 Å². The van der Waals surface area contributed by atoms with Crippen molar-refractivity contribution in [3.63, 3.8) is 0 Å². The lowest BCUT2D eigenvalue weighted by atomic mass is 10.2. The van der Waals surface area contributed by atoms with Crippen molar-refractivity contribution < 1.29 is 36.6 Å². The Morgan fingerprint density at radius 2 is 1.92 bits per heavy atom. The Morgan fingerprint density at radius 1 is 1.29 bits per heavy atom. The van der Waals surface area contributed by atoms with Gasteiger partial charge in [-0.15, -0.1) is 0 Å². The van der Waals surface area contributed by atoms with Gasteiger partial charge in [-0.2, -0.15) is 13.2 Å². The third-order valence-electron chi connectivity index (χ3n) is 2.94. The van der Waals surface area contributed by atoms with Gasteiger partial charge in [0.1, 0.15) is 11.3 Å². The van der Waals surface area contributed by atoms with Crippen LogP contribution < -0.4 is 4.74 Å². The Balaban J connectivity index is 2.60. The van der Waals surface area contributed by atoms with Gasteiger partial charge in [0.2, 0.25) is 5.88 Å². The van der Waals surface area contributed by atoms with Gasteiger partial charge >= 0.3 is 12.1 Å². The number of carboxylic acid groups (broad SMARTS) is 1. The molecule has 1 aromatic heterocycles. The molecule has 128 valence electrons. The first-order valence-corrected chi connectivity index (χ1v) is 6.53. The van der Waals surface area contributed by atoms with E-state index in [0.717, 1.165) is 13.0 Å². The number of alkyl halides is 3. The molecule has 4 nitrogen and oxygen atoms in total. The molecule has 0 radical (unpaired) electrons. The number of pyridine rings is 1. The molecule has 1 heterocycles. The highest BCUT2D eigenvalue weighted by Crippen LogP contribution is 2.37. The van der Waals surface area contributed by atoms with Gasteiger partial charge in [-0.05, 0) is 25.1 Å². The second kappa shape index (κ2) is 6.23. The Bertz CT molecular complexity index is 823. The van der Waals surface area contributed by atoms with Gasteiger partial charge in [0.25, 0.3) is 0 Å². The fourth-order valence-electron chi connectivity index (χ4n) is 1.75. The van der Waals surface area contributed by atoms with Crippen LogP contribution in [-0.2, 0) is 6.18 Å². The van der Waals surface area contributed by atoms with Gasteiger partial charge in [0.05, 0.1) is 5.02 Å². The van der Waals surface area contributed by atoms with E-state index < -0.39 is 45.9 Å². The summed E-state index contributed by atoms with van der Waals surface area (Å²) in [7, 11) is 0. The van der Waals surface area contributed by atoms with Crippen LogP contribution in [-0.4, -0.2) is 16.1 Å². The Hall–Kier alpha value is -2.42. The fourth-order valence-corrected chi connectivity index (χ4v) is 2.01. The molecule has 0 aliphatic heterocycles. The van der Waals surface area contributed by atoms with Gasteiger partial charge < -0.3 is 9.84 Å². The maximum absolute atomic E-state index is 13.5. The molecule has 0 saturated carbocycles. The highest BCUT2D eigenvalue weighted by atomic mass is 35.5. The molecule has 2 aromatic rings. The normalized spacial score (nSPS) is 11.5. The third-order valence-corrected chi connectivity index (χ3v) is 3.22. The van der Waals surface area contributed by atoms with Gasteiger partial charge in [-0.25, -0.2) is 18.6 Å². The number of aromatic nitrogens is 1. The molecule has 0 aliphatic rings. The van der Waals surface area contributed by atoms with E-state index in [0.29, 0.717) is 12.1 Å². The smallest absolute Gasteiger partial charge is 0.434 e. The molecule has 0 unspecified atom stereocenters. The van der Waals surface area contributed by atoms with Gasteiger partial charge in [0, 0.05) is 5.56 Å². The monoisotopic (exact) mass is 367 g/mol. The summed E-state index contributed by atoms with van der Waals surface area (Å²) >= 11 is 5.40. The molecular weight excluding hydrogens is 361 g/mol. The molecule has 0 spiro atoms. The van der Waals surface area contributed by atoms with Crippen molar-refractivity contribution in [2.75, 3.05) is 0 Å². The zero-order valence-electron chi connectivity index (χ0n) is 11.7. The molecular formula is C14H7ClF5NO3. The number of ether oxygens (including phenoxy) is 1. The Kier molecular flexibility index (Phi) is 4.66. The number of carbonyl (C=O) groups is 1. The van der Waals surface area contributed by atoms with Crippen molar-refractivity contribution in [2.45, 2.75) is 13.1 Å². The van der Waals surface area contributed by atoms with Crippen molar-refractivity contribution >= 4 is 17.6 Å². The molecule has 1 aromatic carbocycles. The number of nitrogens with zero attached hydrogens (tertiary/aromatic N) is 1. The van der Waals surface area contributed by atoms with Crippen molar-refractivity contribution in [2.24, 2.45) is 0 Å². The maximum atomic E-state index is 13.5. The molecule has 0 saturated heterocycles. The molecule has 0 atom stereocenters. The van der Waals surface area contributed by atoms with Gasteiger partial charge in [-0.3, -0.25) is 0 Å². The largest absolute Gasteiger partial charge is 0.477 e. The average Bonchev–Trinajstić information content (AvgIpc) is 2.47. The van der Waals surface area contributed by atoms with Crippen molar-refractivity contribution in [1.82, 2.24) is 4.98 Å². The number of hydrogen-bond donors (Lipinski definition) is 1. The van der Waals surface area contributed by atoms with E-state index in [1.54, 1.807) is 0 Å². The maximum Gasteiger partial charge on any atom is 0.434 e. The molecule has 0 fully saturated rings. The number of halogens is 6. The van der Waals surface area contributed by atoms with Crippen LogP contribution in [0.2, 0.25) is 5.02 Å². The van der Waals surface area contributed by atoms with Crippen molar-refractivity contribution in [1.29, 1.82) is 0 Å². The summed E-state index contributed by atoms with van der Waals surface area (Å²) in [5.41, 5.74) is -2.70. The van der Waals surface area contributed by atoms with Gasteiger partial charge in [0.15, 0.2) is 17.3 Å². The van der Waals surface area contributed by atoms with Crippen LogP contribution in [0.4, 0.5) is 22.0 Å². The van der Waals surface area contributed by atoms with Crippen LogP contribution >= 0.6 is 11.6 Å². The summed E-state index contributed by atoms with van der Waals surface area (Å²) in [6, 6.07) is 2.13. The van der Waals surface area contributed by atoms with E-state index in [1.165, 1.54) is 0 Å². The van der Waals surface area contributed by atoms with Crippen LogP contribution in [0.5, 0.6) is 11.6 Å². The molecule has 2 rings (SSSR count). The zero-order chi connectivity index (χ0) is 18.2. The topological polar surface area (TPSA) is 59.4 Å². The summed E-state index contributed by atoms with van der Waals surface area (Å²) in [4.78, 5) is 14.2. The summed E-state index contributed by atoms with van der Waals surface area (Å²) in [5, 5.41) is 8.10. The SMILES string of the molecule is Cc1c(Oc2nc(C(F)(F)F)c(Cl)cc2C(=O)O)ccc(F)c1F. The first-order chi connectivity index (χ1) is 11.0. The van der Waals surface area contributed by atoms with E-state index in [1.807, 2.05) is 0 Å². The van der Waals surface area contributed by atoms with Crippen LogP contribution in [0.3, 0.4) is 0 Å². The minimum absolute atomic E-state index is 0.364. The van der Waals surface area contributed by atoms with E-state index in [9.17, 15) is 26.7 Å². The Morgan fingerprint density at radius 3 is 2.46 bits per heavy atom. The highest BCUT2D eigenvalue weighted by molar-refractivity contribution is 6.31. The predicted octanol–water partition coefficient (Wildman–Crippen LogP) is 4.83. The quantitative estimate of drug-likeness (QED) is 0.789. The second-order valence-corrected chi connectivity index (χ2v) is 4.97. The lowest BCUT2D eigenvalue weighted by Crippen LogP contribution is -2.12. The highest BCUT2D eigenvalue weighted by Gasteiger charge is 2.37. The molecule has 0 bridgehead atoms.